The Morgan fingerprint density at radius 2 is 2.00 bits per heavy atom. The van der Waals surface area contributed by atoms with Crippen LogP contribution in [0.2, 0.25) is 0 Å². The van der Waals surface area contributed by atoms with Crippen molar-refractivity contribution in [1.29, 1.82) is 0 Å². The molecular weight excluding hydrogens is 310 g/mol. The van der Waals surface area contributed by atoms with E-state index in [1.807, 2.05) is 13.8 Å². The Kier molecular flexibility index (Phi) is 3.79. The predicted octanol–water partition coefficient (Wildman–Crippen LogP) is 1.17. The Bertz CT molecular complexity index is 625. The Hall–Kier alpha value is -0.990. The van der Waals surface area contributed by atoms with E-state index in [0.29, 0.717) is 18.8 Å². The fourth-order valence-electron chi connectivity index (χ4n) is 2.78. The summed E-state index contributed by atoms with van der Waals surface area (Å²) in [5.74, 6) is -0.112. The molecule has 6 nitrogen and oxygen atoms in total. The molecule has 0 aromatic carbocycles. The first kappa shape index (κ1) is 14.9. The van der Waals surface area contributed by atoms with E-state index < -0.39 is 10.0 Å². The number of hydrogen-bond donors (Lipinski definition) is 0. The van der Waals surface area contributed by atoms with Crippen LogP contribution in [0.15, 0.2) is 10.9 Å². The third kappa shape index (κ3) is 2.60. The molecule has 0 N–H and O–H groups in total. The molecule has 1 aromatic rings. The number of thiazole rings is 1. The van der Waals surface area contributed by atoms with Crippen molar-refractivity contribution in [3.8, 4) is 0 Å². The lowest BCUT2D eigenvalue weighted by Crippen LogP contribution is -2.60. The van der Waals surface area contributed by atoms with Crippen molar-refractivity contribution in [2.45, 2.75) is 44.0 Å². The molecule has 1 amide bonds. The zero-order chi connectivity index (χ0) is 15.2. The summed E-state index contributed by atoms with van der Waals surface area (Å²) in [5.41, 5.74) is 2.08. The number of nitrogens with zero attached hydrogens (tertiary/aromatic N) is 3. The summed E-state index contributed by atoms with van der Waals surface area (Å²) in [6, 6.07) is -0.353. The molecule has 1 saturated carbocycles. The van der Waals surface area contributed by atoms with Gasteiger partial charge >= 0.3 is 0 Å². The quantitative estimate of drug-likeness (QED) is 0.835. The highest BCUT2D eigenvalue weighted by molar-refractivity contribution is 7.90. The van der Waals surface area contributed by atoms with Crippen LogP contribution in [0, 0.1) is 0 Å². The van der Waals surface area contributed by atoms with E-state index in [2.05, 4.69) is 4.98 Å². The maximum Gasteiger partial charge on any atom is 0.273 e. The highest BCUT2D eigenvalue weighted by Gasteiger charge is 2.46. The molecule has 2 aliphatic rings. The summed E-state index contributed by atoms with van der Waals surface area (Å²) in [5, 5.41) is 1.53. The Morgan fingerprint density at radius 1 is 1.29 bits per heavy atom. The molecule has 3 rings (SSSR count). The fourth-order valence-corrected chi connectivity index (χ4v) is 5.40. The van der Waals surface area contributed by atoms with Gasteiger partial charge in [-0.25, -0.2) is 13.4 Å². The molecule has 1 aliphatic carbocycles. The number of aromatic nitrogens is 1. The van der Waals surface area contributed by atoms with Crippen molar-refractivity contribution in [2.24, 2.45) is 0 Å². The van der Waals surface area contributed by atoms with Gasteiger partial charge in [-0.15, -0.1) is 11.3 Å². The van der Waals surface area contributed by atoms with Gasteiger partial charge in [0.15, 0.2) is 0 Å². The third-order valence-corrected chi connectivity index (χ3v) is 7.46. The average molecular weight is 329 g/mol. The van der Waals surface area contributed by atoms with Gasteiger partial charge in [-0.3, -0.25) is 4.79 Å². The maximum absolute atomic E-state index is 12.4. The Morgan fingerprint density at radius 3 is 2.57 bits per heavy atom. The van der Waals surface area contributed by atoms with Gasteiger partial charge in [-0.1, -0.05) is 0 Å². The lowest BCUT2D eigenvalue weighted by Gasteiger charge is -2.44. The zero-order valence-corrected chi connectivity index (χ0v) is 13.7. The largest absolute Gasteiger partial charge is 0.332 e. The standard InChI is InChI=1S/C13H19N3O3S2/c1-9-10(2)16(21(18,19)11-3-4-11)6-5-15(9)13(17)12-7-20-8-14-12/h7-11H,3-6H2,1-2H3/t9-,10+/m0/s1. The molecule has 2 atom stereocenters. The van der Waals surface area contributed by atoms with Crippen LogP contribution >= 0.6 is 11.3 Å². The highest BCUT2D eigenvalue weighted by Crippen LogP contribution is 2.34. The number of sulfonamides is 1. The number of amides is 1. The monoisotopic (exact) mass is 329 g/mol. The van der Waals surface area contributed by atoms with Crippen molar-refractivity contribution in [1.82, 2.24) is 14.2 Å². The third-order valence-electron chi connectivity index (χ3n) is 4.39. The number of piperazine rings is 1. The first-order valence-electron chi connectivity index (χ1n) is 7.12. The number of rotatable bonds is 3. The summed E-state index contributed by atoms with van der Waals surface area (Å²) in [4.78, 5) is 18.2. The van der Waals surface area contributed by atoms with Crippen molar-refractivity contribution >= 4 is 27.3 Å². The molecule has 0 radical (unpaired) electrons. The van der Waals surface area contributed by atoms with E-state index in [4.69, 9.17) is 0 Å². The minimum Gasteiger partial charge on any atom is -0.332 e. The second-order valence-corrected chi connectivity index (χ2v) is 8.59. The molecule has 1 aliphatic heterocycles. The highest BCUT2D eigenvalue weighted by atomic mass is 32.2. The van der Waals surface area contributed by atoms with Crippen LogP contribution in [0.1, 0.15) is 37.2 Å². The van der Waals surface area contributed by atoms with Gasteiger partial charge in [0.2, 0.25) is 10.0 Å². The van der Waals surface area contributed by atoms with Gasteiger partial charge in [0.1, 0.15) is 5.69 Å². The molecule has 0 spiro atoms. The van der Waals surface area contributed by atoms with E-state index in [1.54, 1.807) is 20.1 Å². The van der Waals surface area contributed by atoms with Crippen LogP contribution in [0.25, 0.3) is 0 Å². The molecule has 2 fully saturated rings. The normalized spacial score (nSPS) is 27.8. The van der Waals surface area contributed by atoms with Crippen LogP contribution in [0.5, 0.6) is 0 Å². The van der Waals surface area contributed by atoms with E-state index in [-0.39, 0.29) is 23.2 Å². The number of hydrogen-bond acceptors (Lipinski definition) is 5. The molecular formula is C13H19N3O3S2. The van der Waals surface area contributed by atoms with Crippen molar-refractivity contribution in [2.75, 3.05) is 13.1 Å². The SMILES string of the molecule is C[C@@H]1[C@H](C)N(C(=O)c2cscn2)CCN1S(=O)(=O)C1CC1. The Balaban J connectivity index is 1.77. The van der Waals surface area contributed by atoms with Crippen LogP contribution in [0.3, 0.4) is 0 Å². The molecule has 0 bridgehead atoms. The summed E-state index contributed by atoms with van der Waals surface area (Å²) >= 11 is 1.39. The van der Waals surface area contributed by atoms with E-state index in [0.717, 1.165) is 12.8 Å². The van der Waals surface area contributed by atoms with E-state index >= 15 is 0 Å². The van der Waals surface area contributed by atoms with Crippen molar-refractivity contribution in [3.63, 3.8) is 0 Å². The number of carbonyl (C=O) groups excluding carboxylic acids is 1. The van der Waals surface area contributed by atoms with Crippen LogP contribution in [-0.2, 0) is 10.0 Å². The van der Waals surface area contributed by atoms with Crippen LogP contribution in [-0.4, -0.2) is 58.9 Å². The topological polar surface area (TPSA) is 70.6 Å². The molecule has 8 heteroatoms. The second-order valence-electron chi connectivity index (χ2n) is 5.71. The maximum atomic E-state index is 12.4. The van der Waals surface area contributed by atoms with Crippen LogP contribution in [0.4, 0.5) is 0 Å². The molecule has 1 aromatic heterocycles. The molecule has 21 heavy (non-hydrogen) atoms. The first-order chi connectivity index (χ1) is 9.93. The summed E-state index contributed by atoms with van der Waals surface area (Å²) in [7, 11) is -3.19. The molecule has 116 valence electrons. The summed E-state index contributed by atoms with van der Waals surface area (Å²) in [6.07, 6.45) is 1.53. The number of carbonyl (C=O) groups is 1. The molecule has 0 unspecified atom stereocenters. The zero-order valence-electron chi connectivity index (χ0n) is 12.1. The molecule has 2 heterocycles. The minimum absolute atomic E-state index is 0.112. The van der Waals surface area contributed by atoms with Crippen molar-refractivity contribution < 1.29 is 13.2 Å². The van der Waals surface area contributed by atoms with E-state index in [1.165, 1.54) is 11.3 Å². The lowest BCUT2D eigenvalue weighted by molar-refractivity contribution is 0.0477. The predicted molar refractivity (Wildman–Crippen MR) is 80.7 cm³/mol. The van der Waals surface area contributed by atoms with E-state index in [9.17, 15) is 13.2 Å². The smallest absolute Gasteiger partial charge is 0.273 e. The molecule has 1 saturated heterocycles. The van der Waals surface area contributed by atoms with Crippen LogP contribution < -0.4 is 0 Å². The summed E-state index contributed by atoms with van der Waals surface area (Å²) in [6.45, 7) is 4.59. The van der Waals surface area contributed by atoms with Gasteiger partial charge < -0.3 is 4.90 Å². The van der Waals surface area contributed by atoms with Gasteiger partial charge in [-0.2, -0.15) is 4.31 Å². The van der Waals surface area contributed by atoms with Gasteiger partial charge in [-0.05, 0) is 26.7 Å². The van der Waals surface area contributed by atoms with Gasteiger partial charge in [0.05, 0.1) is 10.8 Å². The van der Waals surface area contributed by atoms with Gasteiger partial charge in [0, 0.05) is 30.6 Å². The fraction of sp³-hybridized carbons (Fsp3) is 0.692. The lowest BCUT2D eigenvalue weighted by atomic mass is 10.1. The van der Waals surface area contributed by atoms with Gasteiger partial charge in [0.25, 0.3) is 5.91 Å². The first-order valence-corrected chi connectivity index (χ1v) is 9.57. The van der Waals surface area contributed by atoms with Crippen molar-refractivity contribution in [3.05, 3.63) is 16.6 Å². The Labute approximate surface area is 128 Å². The summed E-state index contributed by atoms with van der Waals surface area (Å²) < 4.78 is 26.4. The average Bonchev–Trinajstić information content (AvgIpc) is 3.17. The minimum atomic E-state index is -3.19. The second kappa shape index (κ2) is 5.33.